The fourth-order valence-corrected chi connectivity index (χ4v) is 6.90. The number of hydrazone groups is 1. The van der Waals surface area contributed by atoms with E-state index < -0.39 is 10.0 Å². The number of rotatable bonds is 6. The van der Waals surface area contributed by atoms with Crippen molar-refractivity contribution in [1.29, 1.82) is 0 Å². The number of thiazole rings is 1. The summed E-state index contributed by atoms with van der Waals surface area (Å²) < 4.78 is 32.7. The van der Waals surface area contributed by atoms with Gasteiger partial charge in [-0.05, 0) is 23.3 Å². The van der Waals surface area contributed by atoms with E-state index in [9.17, 15) is 8.42 Å². The van der Waals surface area contributed by atoms with Crippen LogP contribution in [0.3, 0.4) is 0 Å². The highest BCUT2D eigenvalue weighted by Crippen LogP contribution is 2.39. The summed E-state index contributed by atoms with van der Waals surface area (Å²) in [4.78, 5) is 5.20. The van der Waals surface area contributed by atoms with Crippen LogP contribution in [-0.2, 0) is 14.8 Å². The van der Waals surface area contributed by atoms with E-state index in [1.54, 1.807) is 12.1 Å². The second-order valence-electron chi connectivity index (χ2n) is 8.94. The zero-order chi connectivity index (χ0) is 25.2. The van der Waals surface area contributed by atoms with E-state index in [1.807, 2.05) is 58.9 Å². The molecular weight excluding hydrogens is 504 g/mol. The van der Waals surface area contributed by atoms with Crippen LogP contribution in [0, 0.1) is 0 Å². The van der Waals surface area contributed by atoms with Crippen molar-refractivity contribution in [2.75, 3.05) is 31.3 Å². The van der Waals surface area contributed by atoms with Crippen LogP contribution in [0.15, 0.2) is 100 Å². The molecule has 6 rings (SSSR count). The summed E-state index contributed by atoms with van der Waals surface area (Å²) in [6, 6.07) is 27.6. The first kappa shape index (κ1) is 24.0. The van der Waals surface area contributed by atoms with Crippen molar-refractivity contribution in [3.8, 4) is 11.3 Å². The molecule has 37 heavy (non-hydrogen) atoms. The van der Waals surface area contributed by atoms with Crippen molar-refractivity contribution in [2.45, 2.75) is 17.4 Å². The average Bonchev–Trinajstić information content (AvgIpc) is 3.63. The molecule has 7 nitrogen and oxygen atoms in total. The van der Waals surface area contributed by atoms with Crippen molar-refractivity contribution in [1.82, 2.24) is 9.29 Å². The molecule has 3 heterocycles. The Morgan fingerprint density at radius 3 is 2.22 bits per heavy atom. The molecule has 188 valence electrons. The number of ether oxygens (including phenoxy) is 1. The molecule has 0 aliphatic carbocycles. The van der Waals surface area contributed by atoms with E-state index in [2.05, 4.69) is 24.3 Å². The summed E-state index contributed by atoms with van der Waals surface area (Å²) >= 11 is 1.54. The topological polar surface area (TPSA) is 75.1 Å². The minimum absolute atomic E-state index is 0.0523. The predicted molar refractivity (Wildman–Crippen MR) is 146 cm³/mol. The lowest BCUT2D eigenvalue weighted by Crippen LogP contribution is -2.40. The smallest absolute Gasteiger partial charge is 0.243 e. The zero-order valence-corrected chi connectivity index (χ0v) is 21.7. The van der Waals surface area contributed by atoms with Gasteiger partial charge in [-0.3, -0.25) is 0 Å². The highest BCUT2D eigenvalue weighted by atomic mass is 32.2. The normalized spacial score (nSPS) is 18.6. The Kier molecular flexibility index (Phi) is 6.60. The van der Waals surface area contributed by atoms with Crippen molar-refractivity contribution < 1.29 is 13.2 Å². The molecule has 0 unspecified atom stereocenters. The summed E-state index contributed by atoms with van der Waals surface area (Å²) in [6.07, 6.45) is 0.789. The molecule has 0 saturated carbocycles. The molecule has 3 aromatic carbocycles. The maximum atomic E-state index is 13.0. The molecule has 0 amide bonds. The van der Waals surface area contributed by atoms with Crippen molar-refractivity contribution in [3.05, 3.63) is 101 Å². The van der Waals surface area contributed by atoms with Crippen LogP contribution in [-0.4, -0.2) is 49.7 Å². The van der Waals surface area contributed by atoms with E-state index in [1.165, 1.54) is 21.2 Å². The number of benzene rings is 3. The zero-order valence-electron chi connectivity index (χ0n) is 20.1. The highest BCUT2D eigenvalue weighted by molar-refractivity contribution is 7.89. The minimum Gasteiger partial charge on any atom is -0.379 e. The number of hydrogen-bond donors (Lipinski definition) is 0. The Labute approximate surface area is 220 Å². The standard InChI is InChI=1S/C28H26N4O3S2/c33-37(34,31-15-17-35-18-16-31)24-13-11-22(12-14-24)26-20-36-28(29-26)32-27(23-9-5-2-6-10-23)19-25(30-32)21-7-3-1-4-8-21/h1-14,20,27H,15-19H2/t27-/m0/s1. The average molecular weight is 531 g/mol. The predicted octanol–water partition coefficient (Wildman–Crippen LogP) is 5.19. The lowest BCUT2D eigenvalue weighted by molar-refractivity contribution is 0.0730. The van der Waals surface area contributed by atoms with Gasteiger partial charge in [-0.2, -0.15) is 9.41 Å². The molecule has 1 fully saturated rings. The lowest BCUT2D eigenvalue weighted by atomic mass is 9.99. The molecule has 0 spiro atoms. The van der Waals surface area contributed by atoms with Gasteiger partial charge >= 0.3 is 0 Å². The Balaban J connectivity index is 1.28. The Morgan fingerprint density at radius 2 is 1.51 bits per heavy atom. The third-order valence-corrected chi connectivity index (χ3v) is 9.39. The number of aromatic nitrogens is 1. The number of sulfonamides is 1. The van der Waals surface area contributed by atoms with Crippen LogP contribution in [0.1, 0.15) is 23.6 Å². The van der Waals surface area contributed by atoms with Crippen LogP contribution in [0.5, 0.6) is 0 Å². The summed E-state index contributed by atoms with van der Waals surface area (Å²) in [5.41, 5.74) is 4.99. The first-order chi connectivity index (χ1) is 18.1. The lowest BCUT2D eigenvalue weighted by Gasteiger charge is -2.26. The molecule has 2 aliphatic rings. The Hall–Kier alpha value is -3.37. The van der Waals surface area contributed by atoms with Gasteiger partial charge in [0.1, 0.15) is 0 Å². The second kappa shape index (κ2) is 10.2. The monoisotopic (exact) mass is 530 g/mol. The van der Waals surface area contributed by atoms with Crippen molar-refractivity contribution in [3.63, 3.8) is 0 Å². The van der Waals surface area contributed by atoms with Crippen LogP contribution >= 0.6 is 11.3 Å². The van der Waals surface area contributed by atoms with E-state index in [4.69, 9.17) is 14.8 Å². The molecule has 1 aromatic heterocycles. The summed E-state index contributed by atoms with van der Waals surface area (Å²) in [6.45, 7) is 1.61. The Morgan fingerprint density at radius 1 is 0.838 bits per heavy atom. The third-order valence-electron chi connectivity index (χ3n) is 6.65. The van der Waals surface area contributed by atoms with Crippen molar-refractivity contribution >= 4 is 32.2 Å². The first-order valence-electron chi connectivity index (χ1n) is 12.2. The van der Waals surface area contributed by atoms with Gasteiger partial charge in [0.25, 0.3) is 0 Å². The van der Waals surface area contributed by atoms with Gasteiger partial charge < -0.3 is 4.74 Å². The van der Waals surface area contributed by atoms with E-state index >= 15 is 0 Å². The van der Waals surface area contributed by atoms with E-state index in [0.717, 1.165) is 34.1 Å². The van der Waals surface area contributed by atoms with Gasteiger partial charge in [0.15, 0.2) is 0 Å². The first-order valence-corrected chi connectivity index (χ1v) is 14.5. The molecule has 9 heteroatoms. The van der Waals surface area contributed by atoms with Crippen LogP contribution in [0.2, 0.25) is 0 Å². The maximum absolute atomic E-state index is 13.0. The van der Waals surface area contributed by atoms with Gasteiger partial charge in [0, 0.05) is 30.5 Å². The molecule has 1 atom stereocenters. The molecule has 2 aliphatic heterocycles. The minimum atomic E-state index is -3.53. The van der Waals surface area contributed by atoms with Crippen LogP contribution in [0.4, 0.5) is 5.13 Å². The number of anilines is 1. The summed E-state index contributed by atoms with van der Waals surface area (Å²) in [7, 11) is -3.53. The van der Waals surface area contributed by atoms with Gasteiger partial charge in [-0.15, -0.1) is 11.3 Å². The SMILES string of the molecule is O=S(=O)(c1ccc(-c2csc(N3N=C(c4ccccc4)C[C@H]3c3ccccc3)n2)cc1)N1CCOCC1. The highest BCUT2D eigenvalue weighted by Gasteiger charge is 2.32. The number of morpholine rings is 1. The summed E-state index contributed by atoms with van der Waals surface area (Å²) in [5.74, 6) is 0. The Bertz CT molecular complexity index is 1500. The van der Waals surface area contributed by atoms with Gasteiger partial charge in [0.05, 0.1) is 35.6 Å². The van der Waals surface area contributed by atoms with Gasteiger partial charge in [-0.25, -0.2) is 18.4 Å². The van der Waals surface area contributed by atoms with Gasteiger partial charge in [-0.1, -0.05) is 72.8 Å². The van der Waals surface area contributed by atoms with Crippen LogP contribution < -0.4 is 5.01 Å². The van der Waals surface area contributed by atoms with Crippen LogP contribution in [0.25, 0.3) is 11.3 Å². The molecule has 0 N–H and O–H groups in total. The molecule has 0 bridgehead atoms. The third kappa shape index (κ3) is 4.83. The van der Waals surface area contributed by atoms with Crippen molar-refractivity contribution in [2.24, 2.45) is 5.10 Å². The van der Waals surface area contributed by atoms with Gasteiger partial charge in [0.2, 0.25) is 15.2 Å². The molecule has 4 aromatic rings. The number of hydrogen-bond acceptors (Lipinski definition) is 7. The number of nitrogens with zero attached hydrogens (tertiary/aromatic N) is 4. The molecule has 1 saturated heterocycles. The summed E-state index contributed by atoms with van der Waals surface area (Å²) in [5, 5.41) is 9.82. The van der Waals surface area contributed by atoms with E-state index in [0.29, 0.717) is 26.3 Å². The molecule has 0 radical (unpaired) electrons. The van der Waals surface area contributed by atoms with E-state index in [-0.39, 0.29) is 10.9 Å². The fraction of sp³-hybridized carbons (Fsp3) is 0.214. The quantitative estimate of drug-likeness (QED) is 0.343. The fourth-order valence-electron chi connectivity index (χ4n) is 4.66. The second-order valence-corrected chi connectivity index (χ2v) is 11.7. The largest absolute Gasteiger partial charge is 0.379 e. The maximum Gasteiger partial charge on any atom is 0.243 e. The molecular formula is C28H26N4O3S2.